The van der Waals surface area contributed by atoms with Crippen molar-refractivity contribution in [2.45, 2.75) is 43.9 Å². The van der Waals surface area contributed by atoms with Crippen molar-refractivity contribution in [1.29, 1.82) is 0 Å². The van der Waals surface area contributed by atoms with E-state index in [2.05, 4.69) is 25.6 Å². The molecule has 0 spiro atoms. The maximum Gasteiger partial charge on any atom is 0.419 e. The molecule has 6 rings (SSSR count). The van der Waals surface area contributed by atoms with Crippen molar-refractivity contribution in [3.05, 3.63) is 30.1 Å². The molecule has 2 atom stereocenters. The Hall–Kier alpha value is -2.62. The van der Waals surface area contributed by atoms with Crippen LogP contribution in [0.15, 0.2) is 24.5 Å². The third kappa shape index (κ3) is 5.63. The molecule has 1 saturated carbocycles. The lowest BCUT2D eigenvalue weighted by atomic mass is 10.1. The smallest absolute Gasteiger partial charge is 0.419 e. The van der Waals surface area contributed by atoms with Crippen LogP contribution in [0.3, 0.4) is 0 Å². The first-order chi connectivity index (χ1) is 17.6. The molecule has 1 fully saturated rings. The Bertz CT molecular complexity index is 1320. The Kier molecular flexibility index (Phi) is 7.22. The summed E-state index contributed by atoms with van der Waals surface area (Å²) in [4.78, 5) is 11.4. The zero-order valence-electron chi connectivity index (χ0n) is 20.8. The Morgan fingerprint density at radius 1 is 1.11 bits per heavy atom. The number of hydrogen-bond donors (Lipinski definition) is 3. The van der Waals surface area contributed by atoms with Gasteiger partial charge in [0.05, 0.1) is 29.7 Å². The van der Waals surface area contributed by atoms with Gasteiger partial charge < -0.3 is 29.7 Å². The average molecular weight is 538 g/mol. The Morgan fingerprint density at radius 3 is 2.70 bits per heavy atom. The molecule has 1 aromatic carbocycles. The molecule has 200 valence electrons. The summed E-state index contributed by atoms with van der Waals surface area (Å²) < 4.78 is 67.1. The number of aromatic amines is 1. The van der Waals surface area contributed by atoms with E-state index in [1.165, 1.54) is 6.20 Å². The molecule has 3 N–H and O–H groups in total. The summed E-state index contributed by atoms with van der Waals surface area (Å²) in [7, 11) is -2.88. The number of halogens is 3. The van der Waals surface area contributed by atoms with Gasteiger partial charge in [-0.2, -0.15) is 13.2 Å². The van der Waals surface area contributed by atoms with Gasteiger partial charge in [0, 0.05) is 55.0 Å². The molecular formula is C25H31F3N5O3P. The van der Waals surface area contributed by atoms with E-state index in [0.29, 0.717) is 60.8 Å². The van der Waals surface area contributed by atoms with Crippen LogP contribution in [-0.4, -0.2) is 66.7 Å². The molecule has 0 amide bonds. The zero-order chi connectivity index (χ0) is 26.2. The predicted molar refractivity (Wildman–Crippen MR) is 137 cm³/mol. The minimum absolute atomic E-state index is 0.0499. The van der Waals surface area contributed by atoms with E-state index in [9.17, 15) is 17.7 Å². The SMILES string of the molecule is CP(C)(=O)c1c2ccc3c(c[nH]c13)-c1nc(ncc1C(F)(F)F)N[C@H]1CC[C@@H](C1)NCCOCCCO2. The molecular weight excluding hydrogens is 506 g/mol. The first kappa shape index (κ1) is 26.0. The predicted octanol–water partition coefficient (Wildman–Crippen LogP) is 4.61. The van der Waals surface area contributed by atoms with Gasteiger partial charge in [0.1, 0.15) is 18.5 Å². The maximum atomic E-state index is 14.0. The van der Waals surface area contributed by atoms with Crippen molar-refractivity contribution in [1.82, 2.24) is 20.3 Å². The van der Waals surface area contributed by atoms with Gasteiger partial charge in [-0.3, -0.25) is 0 Å². The third-order valence-electron chi connectivity index (χ3n) is 6.82. The van der Waals surface area contributed by atoms with Crippen LogP contribution >= 0.6 is 7.14 Å². The lowest BCUT2D eigenvalue weighted by molar-refractivity contribution is -0.137. The number of hydrogen-bond acceptors (Lipinski definition) is 7. The molecule has 2 aliphatic heterocycles. The van der Waals surface area contributed by atoms with E-state index in [1.807, 2.05) is 0 Å². The molecule has 8 bridgehead atoms. The third-order valence-corrected chi connectivity index (χ3v) is 8.34. The van der Waals surface area contributed by atoms with Gasteiger partial charge >= 0.3 is 6.18 Å². The van der Waals surface area contributed by atoms with E-state index in [1.54, 1.807) is 25.5 Å². The molecule has 4 heterocycles. The van der Waals surface area contributed by atoms with Gasteiger partial charge in [0.2, 0.25) is 5.95 Å². The second-order valence-corrected chi connectivity index (χ2v) is 13.1. The molecule has 0 saturated heterocycles. The van der Waals surface area contributed by atoms with Crippen molar-refractivity contribution in [3.63, 3.8) is 0 Å². The Balaban J connectivity index is 1.63. The highest BCUT2D eigenvalue weighted by atomic mass is 31.2. The minimum Gasteiger partial charge on any atom is -0.493 e. The zero-order valence-corrected chi connectivity index (χ0v) is 21.7. The number of aromatic nitrogens is 3. The minimum atomic E-state index is -4.65. The van der Waals surface area contributed by atoms with Crippen LogP contribution in [-0.2, 0) is 15.5 Å². The first-order valence-corrected chi connectivity index (χ1v) is 15.1. The lowest BCUT2D eigenvalue weighted by Crippen LogP contribution is -2.31. The Morgan fingerprint density at radius 2 is 1.92 bits per heavy atom. The van der Waals surface area contributed by atoms with Crippen molar-refractivity contribution in [2.24, 2.45) is 0 Å². The van der Waals surface area contributed by atoms with Gasteiger partial charge in [0.25, 0.3) is 0 Å². The maximum absolute atomic E-state index is 14.0. The van der Waals surface area contributed by atoms with Crippen LogP contribution < -0.4 is 20.7 Å². The number of H-pyrrole nitrogens is 1. The quantitative estimate of drug-likeness (QED) is 0.390. The normalized spacial score (nSPS) is 21.6. The van der Waals surface area contributed by atoms with Crippen LogP contribution in [0.5, 0.6) is 5.75 Å². The largest absolute Gasteiger partial charge is 0.493 e. The fourth-order valence-corrected chi connectivity index (χ4v) is 6.53. The van der Waals surface area contributed by atoms with Gasteiger partial charge in [-0.05, 0) is 44.7 Å². The molecule has 0 radical (unpaired) electrons. The number of ether oxygens (including phenoxy) is 2. The number of nitrogens with zero attached hydrogens (tertiary/aromatic N) is 2. The average Bonchev–Trinajstić information content (AvgIpc) is 3.45. The Labute approximate surface area is 213 Å². The van der Waals surface area contributed by atoms with Gasteiger partial charge in [-0.25, -0.2) is 9.97 Å². The topological polar surface area (TPSA) is 101 Å². The molecule has 0 unspecified atom stereocenters. The van der Waals surface area contributed by atoms with E-state index in [4.69, 9.17) is 9.47 Å². The van der Waals surface area contributed by atoms with Gasteiger partial charge in [-0.15, -0.1) is 0 Å². The molecule has 37 heavy (non-hydrogen) atoms. The van der Waals surface area contributed by atoms with Crippen molar-refractivity contribution in [3.8, 4) is 17.0 Å². The fraction of sp³-hybridized carbons (Fsp3) is 0.520. The van der Waals surface area contributed by atoms with Gasteiger partial charge in [-0.1, -0.05) is 0 Å². The molecule has 1 aliphatic carbocycles. The lowest BCUT2D eigenvalue weighted by Gasteiger charge is -2.18. The highest BCUT2D eigenvalue weighted by molar-refractivity contribution is 7.70. The summed E-state index contributed by atoms with van der Waals surface area (Å²) >= 11 is 0. The van der Waals surface area contributed by atoms with Crippen molar-refractivity contribution in [2.75, 3.05) is 45.0 Å². The second kappa shape index (κ2) is 10.3. The number of rotatable bonds is 1. The van der Waals surface area contributed by atoms with E-state index < -0.39 is 18.9 Å². The molecule has 12 heteroatoms. The van der Waals surface area contributed by atoms with Crippen LogP contribution in [0, 0.1) is 0 Å². The van der Waals surface area contributed by atoms with Crippen molar-refractivity contribution >= 4 is 29.3 Å². The number of alkyl halides is 3. The summed E-state index contributed by atoms with van der Waals surface area (Å²) in [6, 6.07) is 3.70. The molecule has 2 aromatic heterocycles. The second-order valence-electron chi connectivity index (χ2n) is 9.96. The molecule has 3 aliphatic rings. The fourth-order valence-electron chi connectivity index (χ4n) is 5.14. The van der Waals surface area contributed by atoms with Crippen molar-refractivity contribution < 1.29 is 27.2 Å². The summed E-state index contributed by atoms with van der Waals surface area (Å²) in [5.74, 6) is 0.598. The van der Waals surface area contributed by atoms with E-state index >= 15 is 0 Å². The monoisotopic (exact) mass is 537 g/mol. The summed E-state index contributed by atoms with van der Waals surface area (Å²) in [5, 5.41) is 7.66. The van der Waals surface area contributed by atoms with E-state index in [0.717, 1.165) is 25.5 Å². The number of fused-ring (bicyclic) bond motifs is 8. The summed E-state index contributed by atoms with van der Waals surface area (Å²) in [6.07, 6.45) is 0.944. The highest BCUT2D eigenvalue weighted by Crippen LogP contribution is 2.44. The number of nitrogens with one attached hydrogen (secondary N) is 3. The first-order valence-electron chi connectivity index (χ1n) is 12.5. The molecule has 3 aromatic rings. The van der Waals surface area contributed by atoms with Crippen LogP contribution in [0.1, 0.15) is 31.2 Å². The van der Waals surface area contributed by atoms with E-state index in [-0.39, 0.29) is 23.2 Å². The highest BCUT2D eigenvalue weighted by Gasteiger charge is 2.37. The standard InChI is InChI=1S/C25H31F3N5O3P/c1-37(2,34)23-20-7-6-17-18(13-30-22(17)23)21-19(25(26,27)28)14-31-24(33-21)32-16-5-4-15(12-16)29-8-11-35-9-3-10-36-20/h6-7,13-16,29-30H,3-5,8-12H2,1-2H3,(H,31,32,33)/t15-,16-/m0/s1. The van der Waals surface area contributed by atoms with Gasteiger partial charge in [0.15, 0.2) is 0 Å². The van der Waals surface area contributed by atoms with Crippen LogP contribution in [0.4, 0.5) is 19.1 Å². The van der Waals surface area contributed by atoms with Crippen LogP contribution in [0.2, 0.25) is 0 Å². The van der Waals surface area contributed by atoms with Crippen LogP contribution in [0.25, 0.3) is 22.2 Å². The molecule has 8 nitrogen and oxygen atoms in total. The number of anilines is 1. The number of benzene rings is 1. The summed E-state index contributed by atoms with van der Waals surface area (Å²) in [5.41, 5.74) is -0.400. The summed E-state index contributed by atoms with van der Waals surface area (Å²) in [6.45, 7) is 5.41.